The SMILES string of the molecule is CC.CC.CC.CC(C)CC1C(C)C(C)C2CC(C)CC1C2C. The number of rotatable bonds is 2. The molecule has 0 N–H and O–H groups in total. The molecule has 2 rings (SSSR count). The third kappa shape index (κ3) is 6.79. The Morgan fingerprint density at radius 1 is 0.652 bits per heavy atom. The summed E-state index contributed by atoms with van der Waals surface area (Å²) in [6.45, 7) is 26.9. The van der Waals surface area contributed by atoms with E-state index in [2.05, 4.69) is 41.5 Å². The second-order valence-corrected chi connectivity index (χ2v) is 7.78. The first-order valence-corrected chi connectivity index (χ1v) is 10.9. The van der Waals surface area contributed by atoms with E-state index in [0.29, 0.717) is 0 Å². The van der Waals surface area contributed by atoms with Gasteiger partial charge in [0.1, 0.15) is 0 Å². The van der Waals surface area contributed by atoms with Gasteiger partial charge in [0.05, 0.1) is 0 Å². The average Bonchev–Trinajstić information content (AvgIpc) is 2.57. The minimum absolute atomic E-state index is 0.871. The molecule has 0 heterocycles. The van der Waals surface area contributed by atoms with Crippen molar-refractivity contribution in [1.29, 1.82) is 0 Å². The lowest BCUT2D eigenvalue weighted by Gasteiger charge is -2.54. The van der Waals surface area contributed by atoms with Crippen LogP contribution < -0.4 is 0 Å². The summed E-state index contributed by atoms with van der Waals surface area (Å²) in [5.41, 5.74) is 0. The Bertz CT molecular complexity index is 251. The van der Waals surface area contributed by atoms with Gasteiger partial charge < -0.3 is 0 Å². The van der Waals surface area contributed by atoms with E-state index in [1.165, 1.54) is 19.3 Å². The highest BCUT2D eigenvalue weighted by Gasteiger charge is 2.48. The maximum Gasteiger partial charge on any atom is -0.0352 e. The third-order valence-electron chi connectivity index (χ3n) is 6.17. The molecule has 2 aliphatic rings. The zero-order valence-corrected chi connectivity index (χ0v) is 18.7. The van der Waals surface area contributed by atoms with Gasteiger partial charge in [0.2, 0.25) is 0 Å². The van der Waals surface area contributed by atoms with Crippen LogP contribution in [0, 0.1) is 47.3 Å². The fourth-order valence-corrected chi connectivity index (χ4v) is 5.13. The van der Waals surface area contributed by atoms with Crippen molar-refractivity contribution in [3.05, 3.63) is 0 Å². The van der Waals surface area contributed by atoms with Crippen molar-refractivity contribution in [3.63, 3.8) is 0 Å². The fourth-order valence-electron chi connectivity index (χ4n) is 5.13. The molecule has 0 amide bonds. The van der Waals surface area contributed by atoms with E-state index in [1.54, 1.807) is 0 Å². The highest BCUT2D eigenvalue weighted by Crippen LogP contribution is 2.55. The zero-order valence-electron chi connectivity index (χ0n) is 18.7. The molecule has 2 bridgehead atoms. The largest absolute Gasteiger partial charge is 0.0683 e. The van der Waals surface area contributed by atoms with Gasteiger partial charge >= 0.3 is 0 Å². The Labute approximate surface area is 150 Å². The van der Waals surface area contributed by atoms with Crippen LogP contribution in [-0.4, -0.2) is 0 Å². The molecule has 7 unspecified atom stereocenters. The van der Waals surface area contributed by atoms with Gasteiger partial charge in [-0.15, -0.1) is 0 Å². The predicted octanol–water partition coefficient (Wildman–Crippen LogP) is 8.31. The summed E-state index contributed by atoms with van der Waals surface area (Å²) < 4.78 is 0. The Kier molecular flexibility index (Phi) is 14.6. The minimum atomic E-state index is 0.871. The van der Waals surface area contributed by atoms with Crippen LogP contribution in [-0.2, 0) is 0 Å². The lowest BCUT2D eigenvalue weighted by molar-refractivity contribution is -0.0569. The van der Waals surface area contributed by atoms with Gasteiger partial charge in [0.15, 0.2) is 0 Å². The van der Waals surface area contributed by atoms with Crippen molar-refractivity contribution in [1.82, 2.24) is 0 Å². The third-order valence-corrected chi connectivity index (χ3v) is 6.17. The van der Waals surface area contributed by atoms with E-state index in [1.807, 2.05) is 41.5 Å². The fraction of sp³-hybridized carbons (Fsp3) is 1.00. The molecular weight excluding hydrogens is 276 g/mol. The predicted molar refractivity (Wildman–Crippen MR) is 110 cm³/mol. The lowest BCUT2D eigenvalue weighted by atomic mass is 9.51. The summed E-state index contributed by atoms with van der Waals surface area (Å²) in [6.07, 6.45) is 4.46. The first-order valence-electron chi connectivity index (χ1n) is 10.9. The summed E-state index contributed by atoms with van der Waals surface area (Å²) >= 11 is 0. The van der Waals surface area contributed by atoms with Crippen LogP contribution in [0.3, 0.4) is 0 Å². The quantitative estimate of drug-likeness (QED) is 0.478. The Balaban J connectivity index is 0. The first-order chi connectivity index (χ1) is 10.9. The molecular formula is C23H50. The van der Waals surface area contributed by atoms with Crippen LogP contribution in [0.15, 0.2) is 0 Å². The second-order valence-electron chi connectivity index (χ2n) is 7.78. The molecule has 0 aliphatic heterocycles. The van der Waals surface area contributed by atoms with Gasteiger partial charge in [-0.1, -0.05) is 83.1 Å². The first kappa shape index (κ1) is 25.2. The van der Waals surface area contributed by atoms with E-state index in [4.69, 9.17) is 0 Å². The van der Waals surface area contributed by atoms with Gasteiger partial charge in [-0.25, -0.2) is 0 Å². The summed E-state index contributed by atoms with van der Waals surface area (Å²) in [6, 6.07) is 0. The Morgan fingerprint density at radius 2 is 1.09 bits per heavy atom. The lowest BCUT2D eigenvalue weighted by Crippen LogP contribution is -2.48. The normalized spacial score (nSPS) is 38.2. The highest BCUT2D eigenvalue weighted by atomic mass is 14.5. The number of hydrogen-bond donors (Lipinski definition) is 0. The van der Waals surface area contributed by atoms with E-state index < -0.39 is 0 Å². The topological polar surface area (TPSA) is 0 Å². The highest BCUT2D eigenvalue weighted by molar-refractivity contribution is 4.96. The summed E-state index contributed by atoms with van der Waals surface area (Å²) in [5.74, 6) is 7.78. The van der Waals surface area contributed by atoms with E-state index in [9.17, 15) is 0 Å². The molecule has 0 heteroatoms. The summed E-state index contributed by atoms with van der Waals surface area (Å²) in [7, 11) is 0. The molecule has 142 valence electrons. The van der Waals surface area contributed by atoms with Gasteiger partial charge in [-0.2, -0.15) is 0 Å². The average molecular weight is 327 g/mol. The van der Waals surface area contributed by atoms with Crippen molar-refractivity contribution in [3.8, 4) is 0 Å². The summed E-state index contributed by atoms with van der Waals surface area (Å²) in [5, 5.41) is 0. The smallest absolute Gasteiger partial charge is 0.0352 e. The molecule has 0 aromatic heterocycles. The van der Waals surface area contributed by atoms with Crippen LogP contribution in [0.2, 0.25) is 0 Å². The molecule has 7 atom stereocenters. The Hall–Kier alpha value is 0. The van der Waals surface area contributed by atoms with Crippen LogP contribution in [0.1, 0.15) is 102 Å². The second kappa shape index (κ2) is 13.3. The maximum atomic E-state index is 2.55. The molecule has 2 saturated carbocycles. The minimum Gasteiger partial charge on any atom is -0.0683 e. The standard InChI is InChI=1S/C17H32.3C2H6/c1-10(2)7-16-13(5)12(4)15-8-11(3)9-17(16)14(15)6;3*1-2/h10-17H,7-9H2,1-6H3;3*1-2H3. The van der Waals surface area contributed by atoms with E-state index >= 15 is 0 Å². The van der Waals surface area contributed by atoms with Crippen LogP contribution in [0.5, 0.6) is 0 Å². The van der Waals surface area contributed by atoms with Crippen molar-refractivity contribution < 1.29 is 0 Å². The van der Waals surface area contributed by atoms with Gasteiger partial charge in [-0.05, 0) is 66.6 Å². The molecule has 0 aromatic carbocycles. The number of hydrogen-bond acceptors (Lipinski definition) is 0. The van der Waals surface area contributed by atoms with Gasteiger partial charge in [0, 0.05) is 0 Å². The maximum absolute atomic E-state index is 2.55. The van der Waals surface area contributed by atoms with Crippen molar-refractivity contribution in [2.24, 2.45) is 47.3 Å². The molecule has 0 radical (unpaired) electrons. The molecule has 0 aromatic rings. The van der Waals surface area contributed by atoms with Crippen molar-refractivity contribution in [2.75, 3.05) is 0 Å². The Morgan fingerprint density at radius 3 is 1.52 bits per heavy atom. The molecule has 0 saturated heterocycles. The molecule has 23 heavy (non-hydrogen) atoms. The van der Waals surface area contributed by atoms with Gasteiger partial charge in [-0.3, -0.25) is 0 Å². The van der Waals surface area contributed by atoms with Crippen LogP contribution in [0.4, 0.5) is 0 Å². The van der Waals surface area contributed by atoms with Crippen LogP contribution in [0.25, 0.3) is 0 Å². The molecule has 0 spiro atoms. The zero-order chi connectivity index (χ0) is 18.7. The molecule has 0 nitrogen and oxygen atoms in total. The molecule has 2 fully saturated rings. The van der Waals surface area contributed by atoms with E-state index in [-0.39, 0.29) is 0 Å². The molecule has 2 aliphatic carbocycles. The van der Waals surface area contributed by atoms with Crippen LogP contribution >= 0.6 is 0 Å². The van der Waals surface area contributed by atoms with Crippen molar-refractivity contribution >= 4 is 0 Å². The monoisotopic (exact) mass is 326 g/mol. The summed E-state index contributed by atoms with van der Waals surface area (Å²) in [4.78, 5) is 0. The van der Waals surface area contributed by atoms with Crippen molar-refractivity contribution in [2.45, 2.75) is 102 Å². The number of fused-ring (bicyclic) bond motifs is 2. The van der Waals surface area contributed by atoms with E-state index in [0.717, 1.165) is 47.3 Å². The van der Waals surface area contributed by atoms with Gasteiger partial charge in [0.25, 0.3) is 0 Å².